The van der Waals surface area contributed by atoms with Crippen LogP contribution < -0.4 is 0 Å². The second-order valence-corrected chi connectivity index (χ2v) is 9.32. The number of pyridine rings is 1. The smallest absolute Gasteiger partial charge is 0.132 e. The zero-order valence-corrected chi connectivity index (χ0v) is 19.1. The first-order valence-electron chi connectivity index (χ1n) is 12.5. The first-order valence-corrected chi connectivity index (χ1v) is 12.5. The Morgan fingerprint density at radius 1 is 0.867 bits per heavy atom. The number of rotatable bonds is 11. The van der Waals surface area contributed by atoms with Gasteiger partial charge in [-0.15, -0.1) is 0 Å². The molecule has 1 aromatic heterocycles. The Hall–Kier alpha value is -1.70. The monoisotopic (exact) mass is 409 g/mol. The van der Waals surface area contributed by atoms with Crippen molar-refractivity contribution in [3.63, 3.8) is 0 Å². The summed E-state index contributed by atoms with van der Waals surface area (Å²) in [5.41, 5.74) is 3.80. The fourth-order valence-corrected chi connectivity index (χ4v) is 4.95. The van der Waals surface area contributed by atoms with Crippen molar-refractivity contribution in [3.8, 4) is 11.3 Å². The number of nitrogens with zero attached hydrogens (tertiary/aromatic N) is 1. The summed E-state index contributed by atoms with van der Waals surface area (Å²) in [6.45, 7) is 4.49. The van der Waals surface area contributed by atoms with Gasteiger partial charge in [-0.05, 0) is 79.7 Å². The van der Waals surface area contributed by atoms with E-state index < -0.39 is 0 Å². The highest BCUT2D eigenvalue weighted by atomic mass is 19.1. The van der Waals surface area contributed by atoms with Gasteiger partial charge in [-0.3, -0.25) is 4.98 Å². The van der Waals surface area contributed by atoms with Gasteiger partial charge in [-0.2, -0.15) is 0 Å². The van der Waals surface area contributed by atoms with Gasteiger partial charge in [-0.25, -0.2) is 4.39 Å². The van der Waals surface area contributed by atoms with Gasteiger partial charge in [0.2, 0.25) is 0 Å². The van der Waals surface area contributed by atoms with Gasteiger partial charge in [0.05, 0.1) is 5.69 Å². The van der Waals surface area contributed by atoms with Crippen LogP contribution in [-0.2, 0) is 6.42 Å². The van der Waals surface area contributed by atoms with Gasteiger partial charge < -0.3 is 0 Å². The Balaban J connectivity index is 1.54. The molecule has 1 fully saturated rings. The molecule has 30 heavy (non-hydrogen) atoms. The Bertz CT molecular complexity index is 744. The maximum atomic E-state index is 14.7. The summed E-state index contributed by atoms with van der Waals surface area (Å²) in [6.07, 6.45) is 18.6. The predicted octanol–water partition coefficient (Wildman–Crippen LogP) is 8.86. The fraction of sp³-hybridized carbons (Fsp3) is 0.607. The van der Waals surface area contributed by atoms with Gasteiger partial charge in [0, 0.05) is 11.8 Å². The molecule has 3 rings (SSSR count). The molecule has 0 radical (unpaired) electrons. The van der Waals surface area contributed by atoms with Crippen LogP contribution in [0, 0.1) is 11.7 Å². The number of aromatic nitrogens is 1. The lowest BCUT2D eigenvalue weighted by Crippen LogP contribution is -2.13. The van der Waals surface area contributed by atoms with Crippen LogP contribution in [0.5, 0.6) is 0 Å². The first kappa shape index (κ1) is 23.0. The van der Waals surface area contributed by atoms with Crippen LogP contribution in [0.4, 0.5) is 4.39 Å². The summed E-state index contributed by atoms with van der Waals surface area (Å²) >= 11 is 0. The van der Waals surface area contributed by atoms with E-state index in [-0.39, 0.29) is 5.82 Å². The van der Waals surface area contributed by atoms with Gasteiger partial charge in [0.25, 0.3) is 0 Å². The van der Waals surface area contributed by atoms with E-state index >= 15 is 0 Å². The number of aryl methyl sites for hydroxylation is 1. The molecule has 2 aromatic rings. The molecule has 0 aliphatic heterocycles. The second-order valence-electron chi connectivity index (χ2n) is 9.32. The van der Waals surface area contributed by atoms with Crippen molar-refractivity contribution >= 4 is 0 Å². The highest BCUT2D eigenvalue weighted by Gasteiger charge is 2.22. The highest BCUT2D eigenvalue weighted by Crippen LogP contribution is 2.38. The predicted molar refractivity (Wildman–Crippen MR) is 126 cm³/mol. The minimum Gasteiger partial charge on any atom is -0.256 e. The van der Waals surface area contributed by atoms with Crippen LogP contribution >= 0.6 is 0 Å². The largest absolute Gasteiger partial charge is 0.256 e. The molecule has 0 amide bonds. The SMILES string of the molecule is CCCCCCc1ccc(-c2ccc(C3CCC(CCCCC)CC3)cn2)c(F)c1. The topological polar surface area (TPSA) is 12.9 Å². The van der Waals surface area contributed by atoms with Crippen LogP contribution in [0.2, 0.25) is 0 Å². The summed E-state index contributed by atoms with van der Waals surface area (Å²) in [6, 6.07) is 9.88. The lowest BCUT2D eigenvalue weighted by atomic mass is 9.77. The minimum atomic E-state index is -0.143. The number of hydrogen-bond donors (Lipinski definition) is 0. The molecule has 2 heteroatoms. The Morgan fingerprint density at radius 3 is 2.30 bits per heavy atom. The Morgan fingerprint density at radius 2 is 1.63 bits per heavy atom. The number of hydrogen-bond acceptors (Lipinski definition) is 1. The molecule has 1 aliphatic rings. The third-order valence-corrected chi connectivity index (χ3v) is 6.95. The van der Waals surface area contributed by atoms with Crippen molar-refractivity contribution in [1.29, 1.82) is 0 Å². The molecule has 0 saturated heterocycles. The van der Waals surface area contributed by atoms with Crippen molar-refractivity contribution in [1.82, 2.24) is 4.98 Å². The molecule has 0 unspecified atom stereocenters. The van der Waals surface area contributed by atoms with Gasteiger partial charge in [0.15, 0.2) is 0 Å². The number of unbranched alkanes of at least 4 members (excludes halogenated alkanes) is 5. The minimum absolute atomic E-state index is 0.143. The third kappa shape index (κ3) is 6.65. The van der Waals surface area contributed by atoms with Crippen molar-refractivity contribution in [2.75, 3.05) is 0 Å². The van der Waals surface area contributed by atoms with Crippen LogP contribution in [0.3, 0.4) is 0 Å². The van der Waals surface area contributed by atoms with E-state index in [1.54, 1.807) is 6.07 Å². The average Bonchev–Trinajstić information content (AvgIpc) is 2.78. The van der Waals surface area contributed by atoms with Crippen molar-refractivity contribution in [2.24, 2.45) is 5.92 Å². The van der Waals surface area contributed by atoms with Crippen LogP contribution in [0.25, 0.3) is 11.3 Å². The number of benzene rings is 1. The van der Waals surface area contributed by atoms with Crippen molar-refractivity contribution < 1.29 is 4.39 Å². The van der Waals surface area contributed by atoms with E-state index in [0.29, 0.717) is 11.5 Å². The summed E-state index contributed by atoms with van der Waals surface area (Å²) in [7, 11) is 0. The van der Waals surface area contributed by atoms with E-state index in [2.05, 4.69) is 31.0 Å². The van der Waals surface area contributed by atoms with Crippen LogP contribution in [0.15, 0.2) is 36.5 Å². The molecular formula is C28H40FN. The van der Waals surface area contributed by atoms with E-state index in [9.17, 15) is 4.39 Å². The molecule has 1 saturated carbocycles. The molecule has 0 N–H and O–H groups in total. The van der Waals surface area contributed by atoms with Crippen LogP contribution in [0.1, 0.15) is 108 Å². The molecule has 1 aromatic carbocycles. The van der Waals surface area contributed by atoms with Crippen molar-refractivity contribution in [3.05, 3.63) is 53.5 Å². The summed E-state index contributed by atoms with van der Waals surface area (Å²) in [4.78, 5) is 4.64. The van der Waals surface area contributed by atoms with Gasteiger partial charge in [0.1, 0.15) is 5.82 Å². The van der Waals surface area contributed by atoms with E-state index in [4.69, 9.17) is 0 Å². The standard InChI is InChI=1S/C28H40FN/c1-3-5-7-9-11-23-14-18-26(27(29)20-23)28-19-17-25(21-30-28)24-15-12-22(13-16-24)10-8-6-4-2/h14,17-22,24H,3-13,15-16H2,1-2H3. The molecule has 0 spiro atoms. The average molecular weight is 410 g/mol. The third-order valence-electron chi connectivity index (χ3n) is 6.95. The summed E-state index contributed by atoms with van der Waals surface area (Å²) < 4.78 is 14.7. The fourth-order valence-electron chi connectivity index (χ4n) is 4.95. The molecule has 164 valence electrons. The molecule has 0 atom stereocenters. The second kappa shape index (κ2) is 12.2. The van der Waals surface area contributed by atoms with E-state index in [1.807, 2.05) is 18.3 Å². The van der Waals surface area contributed by atoms with Crippen LogP contribution in [-0.4, -0.2) is 4.98 Å². The van der Waals surface area contributed by atoms with Gasteiger partial charge >= 0.3 is 0 Å². The summed E-state index contributed by atoms with van der Waals surface area (Å²) in [5, 5.41) is 0. The Kier molecular flexibility index (Phi) is 9.36. The molecule has 1 nitrogen and oxygen atoms in total. The van der Waals surface area contributed by atoms with E-state index in [0.717, 1.165) is 30.0 Å². The molecule has 1 heterocycles. The molecular weight excluding hydrogens is 369 g/mol. The molecule has 0 bridgehead atoms. The first-order chi connectivity index (χ1) is 14.7. The lowest BCUT2D eigenvalue weighted by Gasteiger charge is -2.28. The normalized spacial score (nSPS) is 19.2. The number of halogens is 1. The maximum Gasteiger partial charge on any atom is 0.132 e. The lowest BCUT2D eigenvalue weighted by molar-refractivity contribution is 0.302. The summed E-state index contributed by atoms with van der Waals surface area (Å²) in [5.74, 6) is 1.41. The zero-order valence-electron chi connectivity index (χ0n) is 19.1. The maximum absolute atomic E-state index is 14.7. The van der Waals surface area contributed by atoms with Gasteiger partial charge in [-0.1, -0.05) is 70.9 Å². The zero-order chi connectivity index (χ0) is 21.2. The Labute approximate surface area is 183 Å². The van der Waals surface area contributed by atoms with E-state index in [1.165, 1.54) is 76.2 Å². The van der Waals surface area contributed by atoms with Crippen molar-refractivity contribution in [2.45, 2.75) is 103 Å². The quantitative estimate of drug-likeness (QED) is 0.338. The highest BCUT2D eigenvalue weighted by molar-refractivity contribution is 5.60. The molecule has 1 aliphatic carbocycles.